The number of carbonyl (C=O) groups excluding carboxylic acids is 2. The van der Waals surface area contributed by atoms with Gasteiger partial charge in [0.1, 0.15) is 12.6 Å². The summed E-state index contributed by atoms with van der Waals surface area (Å²) in [6.07, 6.45) is 2.47. The monoisotopic (exact) mass is 365 g/mol. The minimum absolute atomic E-state index is 0.0480. The highest BCUT2D eigenvalue weighted by atomic mass is 32.3. The van der Waals surface area contributed by atoms with E-state index in [-0.39, 0.29) is 19.3 Å². The van der Waals surface area contributed by atoms with E-state index in [2.05, 4.69) is 9.76 Å². The molecule has 0 aromatic heterocycles. The molecule has 3 amide bonds. The minimum Gasteiger partial charge on any atom is -0.376 e. The fraction of sp³-hybridized carbons (Fsp3) is 0.833. The second-order valence-electron chi connectivity index (χ2n) is 5.92. The third-order valence-electron chi connectivity index (χ3n) is 4.27. The average Bonchev–Trinajstić information content (AvgIpc) is 3.10. The summed E-state index contributed by atoms with van der Waals surface area (Å²) in [7, 11) is -4.80. The Hall–Kier alpha value is -1.47. The van der Waals surface area contributed by atoms with Crippen molar-refractivity contribution in [3.63, 3.8) is 0 Å². The first kappa shape index (κ1) is 17.4. The minimum atomic E-state index is -4.80. The second-order valence-corrected chi connectivity index (χ2v) is 6.93. The van der Waals surface area contributed by atoms with Gasteiger partial charge in [-0.25, -0.2) is 10.3 Å². The van der Waals surface area contributed by atoms with Gasteiger partial charge in [-0.3, -0.25) is 14.2 Å². The second kappa shape index (κ2) is 6.80. The Bertz CT molecular complexity index is 605. The number of fused-ring (bicyclic) bond motifs is 2. The van der Waals surface area contributed by atoms with Gasteiger partial charge in [0.25, 0.3) is 5.91 Å². The van der Waals surface area contributed by atoms with Crippen LogP contribution in [0.3, 0.4) is 0 Å². The fourth-order valence-corrected chi connectivity index (χ4v) is 3.54. The zero-order valence-electron chi connectivity index (χ0n) is 12.8. The number of amides is 3. The molecule has 3 aliphatic rings. The maximum Gasteiger partial charge on any atom is 0.418 e. The van der Waals surface area contributed by atoms with Crippen molar-refractivity contribution in [1.29, 1.82) is 0 Å². The zero-order valence-corrected chi connectivity index (χ0v) is 13.6. The van der Waals surface area contributed by atoms with Crippen LogP contribution in [0, 0.1) is 0 Å². The SMILES string of the molecule is O=C(NOCC1CCCO1)[C@@H]1CCC2CN1C(=O)N2OS(=O)(=O)O. The van der Waals surface area contributed by atoms with Crippen molar-refractivity contribution in [3.8, 4) is 0 Å². The van der Waals surface area contributed by atoms with Crippen molar-refractivity contribution >= 4 is 22.3 Å². The van der Waals surface area contributed by atoms with Crippen molar-refractivity contribution in [2.75, 3.05) is 19.8 Å². The predicted octanol–water partition coefficient (Wildman–Crippen LogP) is -0.784. The number of hydrogen-bond donors (Lipinski definition) is 2. The van der Waals surface area contributed by atoms with Gasteiger partial charge in [0.15, 0.2) is 0 Å². The molecule has 0 saturated carbocycles. The van der Waals surface area contributed by atoms with Gasteiger partial charge in [0, 0.05) is 13.2 Å². The van der Waals surface area contributed by atoms with E-state index < -0.39 is 34.4 Å². The first-order valence-electron chi connectivity index (χ1n) is 7.65. The number of hydrogen-bond acceptors (Lipinski definition) is 7. The van der Waals surface area contributed by atoms with Gasteiger partial charge >= 0.3 is 16.4 Å². The molecule has 136 valence electrons. The summed E-state index contributed by atoms with van der Waals surface area (Å²) in [6, 6.07) is -2.10. The van der Waals surface area contributed by atoms with Gasteiger partial charge in [-0.2, -0.15) is 13.5 Å². The van der Waals surface area contributed by atoms with E-state index >= 15 is 0 Å². The summed E-state index contributed by atoms with van der Waals surface area (Å²) in [5, 5.41) is 0.593. The highest BCUT2D eigenvalue weighted by Gasteiger charge is 2.49. The molecule has 3 fully saturated rings. The summed E-state index contributed by atoms with van der Waals surface area (Å²) < 4.78 is 40.0. The molecule has 2 unspecified atom stereocenters. The number of nitrogens with zero attached hydrogens (tertiary/aromatic N) is 2. The lowest BCUT2D eigenvalue weighted by atomic mass is 10.0. The van der Waals surface area contributed by atoms with Crippen molar-refractivity contribution in [2.24, 2.45) is 0 Å². The molecule has 2 N–H and O–H groups in total. The molecule has 0 spiro atoms. The maximum absolute atomic E-state index is 12.2. The lowest BCUT2D eigenvalue weighted by Gasteiger charge is -2.29. The number of rotatable bonds is 6. The Kier molecular flexibility index (Phi) is 4.92. The van der Waals surface area contributed by atoms with Crippen molar-refractivity contribution < 1.29 is 36.4 Å². The fourth-order valence-electron chi connectivity index (χ4n) is 3.15. The van der Waals surface area contributed by atoms with Crippen LogP contribution in [0.1, 0.15) is 25.7 Å². The molecule has 0 aromatic carbocycles. The van der Waals surface area contributed by atoms with Gasteiger partial charge in [-0.05, 0) is 25.7 Å². The van der Waals surface area contributed by atoms with Crippen LogP contribution in [0.4, 0.5) is 4.79 Å². The predicted molar refractivity (Wildman–Crippen MR) is 76.5 cm³/mol. The van der Waals surface area contributed by atoms with Crippen LogP contribution in [0.25, 0.3) is 0 Å². The van der Waals surface area contributed by atoms with Crippen LogP contribution >= 0.6 is 0 Å². The quantitative estimate of drug-likeness (QED) is 0.462. The molecule has 3 aliphatic heterocycles. The van der Waals surface area contributed by atoms with Gasteiger partial charge in [0.05, 0.1) is 12.1 Å². The third-order valence-corrected chi connectivity index (χ3v) is 4.61. The molecule has 3 saturated heterocycles. The smallest absolute Gasteiger partial charge is 0.376 e. The molecule has 12 heteroatoms. The van der Waals surface area contributed by atoms with E-state index in [1.54, 1.807) is 0 Å². The van der Waals surface area contributed by atoms with Gasteiger partial charge in [-0.15, -0.1) is 4.28 Å². The Labute approximate surface area is 138 Å². The topological polar surface area (TPSA) is 135 Å². The Morgan fingerprint density at radius 1 is 1.38 bits per heavy atom. The normalized spacial score (nSPS) is 30.0. The summed E-state index contributed by atoms with van der Waals surface area (Å²) >= 11 is 0. The highest BCUT2D eigenvalue weighted by Crippen LogP contribution is 2.30. The van der Waals surface area contributed by atoms with E-state index in [9.17, 15) is 18.0 Å². The summed E-state index contributed by atoms with van der Waals surface area (Å²) in [4.78, 5) is 30.7. The van der Waals surface area contributed by atoms with Crippen LogP contribution in [0.15, 0.2) is 0 Å². The Morgan fingerprint density at radius 2 is 2.17 bits per heavy atom. The summed E-state index contributed by atoms with van der Waals surface area (Å²) in [5.74, 6) is -0.492. The van der Waals surface area contributed by atoms with E-state index in [1.807, 2.05) is 0 Å². The van der Waals surface area contributed by atoms with E-state index in [0.717, 1.165) is 12.8 Å². The molecular formula is C12H19N3O8S. The Morgan fingerprint density at radius 3 is 2.83 bits per heavy atom. The number of hydroxylamine groups is 3. The Balaban J connectivity index is 1.54. The largest absolute Gasteiger partial charge is 0.418 e. The molecule has 2 bridgehead atoms. The standard InChI is InChI=1S/C12H19N3O8S/c16-11(13-22-7-9-2-1-5-21-9)10-4-3-8-6-14(10)12(17)15(8)23-24(18,19)20/h8-10H,1-7H2,(H,13,16)(H,18,19,20)/t8?,9?,10-/m0/s1. The van der Waals surface area contributed by atoms with Crippen molar-refractivity contribution in [1.82, 2.24) is 15.4 Å². The lowest BCUT2D eigenvalue weighted by molar-refractivity contribution is -0.141. The van der Waals surface area contributed by atoms with Gasteiger partial charge < -0.3 is 9.64 Å². The van der Waals surface area contributed by atoms with Crippen molar-refractivity contribution in [2.45, 2.75) is 43.9 Å². The maximum atomic E-state index is 12.2. The first-order chi connectivity index (χ1) is 11.3. The number of nitrogens with one attached hydrogen (secondary N) is 1. The molecule has 24 heavy (non-hydrogen) atoms. The number of urea groups is 1. The number of piperidine rings is 1. The van der Waals surface area contributed by atoms with Crippen LogP contribution in [0.5, 0.6) is 0 Å². The van der Waals surface area contributed by atoms with E-state index in [0.29, 0.717) is 24.5 Å². The van der Waals surface area contributed by atoms with Crippen LogP contribution in [-0.2, 0) is 29.1 Å². The molecule has 3 rings (SSSR count). The first-order valence-corrected chi connectivity index (χ1v) is 9.02. The number of ether oxygens (including phenoxy) is 1. The summed E-state index contributed by atoms with van der Waals surface area (Å²) in [5.41, 5.74) is 2.31. The van der Waals surface area contributed by atoms with Gasteiger partial charge in [0.2, 0.25) is 0 Å². The molecule has 3 atom stereocenters. The molecular weight excluding hydrogens is 346 g/mol. The number of carbonyl (C=O) groups is 2. The summed E-state index contributed by atoms with van der Waals surface area (Å²) in [6.45, 7) is 1.04. The average molecular weight is 365 g/mol. The van der Waals surface area contributed by atoms with E-state index in [1.165, 1.54) is 4.90 Å². The van der Waals surface area contributed by atoms with Crippen LogP contribution < -0.4 is 5.48 Å². The van der Waals surface area contributed by atoms with Gasteiger partial charge in [-0.1, -0.05) is 0 Å². The van der Waals surface area contributed by atoms with Crippen LogP contribution in [0.2, 0.25) is 0 Å². The molecule has 3 heterocycles. The molecule has 0 aromatic rings. The lowest BCUT2D eigenvalue weighted by Crippen LogP contribution is -2.50. The molecule has 0 aliphatic carbocycles. The third kappa shape index (κ3) is 3.78. The van der Waals surface area contributed by atoms with E-state index in [4.69, 9.17) is 14.1 Å². The van der Waals surface area contributed by atoms with Crippen LogP contribution in [-0.4, -0.2) is 72.8 Å². The molecule has 11 nitrogen and oxygen atoms in total. The van der Waals surface area contributed by atoms with Crippen molar-refractivity contribution in [3.05, 3.63) is 0 Å². The molecule has 0 radical (unpaired) electrons. The zero-order chi connectivity index (χ0) is 17.3. The highest BCUT2D eigenvalue weighted by molar-refractivity contribution is 7.80.